The highest BCUT2D eigenvalue weighted by Gasteiger charge is 1.99. The van der Waals surface area contributed by atoms with Gasteiger partial charge >= 0.3 is 0 Å². The van der Waals surface area contributed by atoms with Crippen molar-refractivity contribution in [2.45, 2.75) is 0 Å². The number of aromatic nitrogens is 2. The molecule has 14 heavy (non-hydrogen) atoms. The molecule has 0 radical (unpaired) electrons. The number of ether oxygens (including phenoxy) is 1. The molecule has 0 aliphatic heterocycles. The van der Waals surface area contributed by atoms with E-state index >= 15 is 0 Å². The lowest BCUT2D eigenvalue weighted by Gasteiger charge is -2.03. The molecule has 2 rings (SSSR count). The normalized spacial score (nSPS) is 10.1. The van der Waals surface area contributed by atoms with Crippen molar-refractivity contribution in [2.75, 3.05) is 12.8 Å². The van der Waals surface area contributed by atoms with Crippen molar-refractivity contribution >= 4 is 5.82 Å². The van der Waals surface area contributed by atoms with Gasteiger partial charge in [0.2, 0.25) is 0 Å². The Morgan fingerprint density at radius 1 is 1.36 bits per heavy atom. The topological polar surface area (TPSA) is 53.1 Å². The summed E-state index contributed by atoms with van der Waals surface area (Å²) >= 11 is 0. The van der Waals surface area contributed by atoms with Crippen molar-refractivity contribution in [3.8, 4) is 11.4 Å². The van der Waals surface area contributed by atoms with Gasteiger partial charge in [0.15, 0.2) is 0 Å². The number of benzene rings is 1. The molecule has 0 unspecified atom stereocenters. The summed E-state index contributed by atoms with van der Waals surface area (Å²) in [6.45, 7) is 0. The molecule has 1 aromatic heterocycles. The molecule has 0 spiro atoms. The largest absolute Gasteiger partial charge is 0.497 e. The smallest absolute Gasteiger partial charge is 0.145 e. The van der Waals surface area contributed by atoms with Crippen LogP contribution in [0.5, 0.6) is 5.75 Å². The predicted octanol–water partition coefficient (Wildman–Crippen LogP) is 1.46. The Labute approximate surface area is 81.9 Å². The van der Waals surface area contributed by atoms with E-state index in [0.717, 1.165) is 11.4 Å². The quantitative estimate of drug-likeness (QED) is 0.778. The molecule has 0 aliphatic carbocycles. The van der Waals surface area contributed by atoms with Gasteiger partial charge < -0.3 is 10.5 Å². The summed E-state index contributed by atoms with van der Waals surface area (Å²) in [5.74, 6) is 1.31. The Morgan fingerprint density at radius 3 is 2.86 bits per heavy atom. The number of methoxy groups -OCH3 is 1. The molecular weight excluding hydrogens is 178 g/mol. The van der Waals surface area contributed by atoms with E-state index in [4.69, 9.17) is 10.5 Å². The second kappa shape index (κ2) is 3.41. The maximum atomic E-state index is 5.52. The van der Waals surface area contributed by atoms with E-state index in [1.165, 1.54) is 0 Å². The van der Waals surface area contributed by atoms with Crippen LogP contribution >= 0.6 is 0 Å². The molecule has 1 aromatic carbocycles. The number of nitrogen functional groups attached to an aromatic ring is 1. The first-order chi connectivity index (χ1) is 6.79. The van der Waals surface area contributed by atoms with Gasteiger partial charge in [-0.15, -0.1) is 0 Å². The van der Waals surface area contributed by atoms with E-state index in [-0.39, 0.29) is 0 Å². The third kappa shape index (κ3) is 1.54. The number of rotatable bonds is 2. The van der Waals surface area contributed by atoms with Gasteiger partial charge in [0.25, 0.3) is 0 Å². The van der Waals surface area contributed by atoms with Crippen LogP contribution in [0.15, 0.2) is 36.5 Å². The minimum absolute atomic E-state index is 0.507. The zero-order valence-electron chi connectivity index (χ0n) is 7.84. The molecule has 0 fully saturated rings. The summed E-state index contributed by atoms with van der Waals surface area (Å²) < 4.78 is 6.82. The van der Waals surface area contributed by atoms with Crippen LogP contribution in [0.3, 0.4) is 0 Å². The molecule has 2 N–H and O–H groups in total. The number of hydrogen-bond acceptors (Lipinski definition) is 3. The monoisotopic (exact) mass is 189 g/mol. The highest BCUT2D eigenvalue weighted by Crippen LogP contribution is 2.15. The molecule has 0 amide bonds. The van der Waals surface area contributed by atoms with Crippen molar-refractivity contribution in [1.82, 2.24) is 9.78 Å². The van der Waals surface area contributed by atoms with Crippen LogP contribution in [0.4, 0.5) is 5.82 Å². The van der Waals surface area contributed by atoms with Gasteiger partial charge in [0.05, 0.1) is 12.8 Å². The molecule has 0 atom stereocenters. The first kappa shape index (κ1) is 8.62. The van der Waals surface area contributed by atoms with Crippen LogP contribution in [0.2, 0.25) is 0 Å². The SMILES string of the molecule is COc1cccc(-n2ccc(N)n2)c1. The van der Waals surface area contributed by atoms with Crippen LogP contribution in [0.25, 0.3) is 5.69 Å². The van der Waals surface area contributed by atoms with E-state index in [9.17, 15) is 0 Å². The van der Waals surface area contributed by atoms with Crippen LogP contribution < -0.4 is 10.5 Å². The minimum atomic E-state index is 0.507. The summed E-state index contributed by atoms with van der Waals surface area (Å²) in [6.07, 6.45) is 1.81. The van der Waals surface area contributed by atoms with E-state index in [2.05, 4.69) is 5.10 Å². The van der Waals surface area contributed by atoms with E-state index in [1.54, 1.807) is 17.9 Å². The standard InChI is InChI=1S/C10H11N3O/c1-14-9-4-2-3-8(7-9)13-6-5-10(11)12-13/h2-7H,1H3,(H2,11,12). The molecule has 0 aliphatic rings. The van der Waals surface area contributed by atoms with Gasteiger partial charge in [-0.3, -0.25) is 0 Å². The van der Waals surface area contributed by atoms with E-state index < -0.39 is 0 Å². The number of nitrogens with two attached hydrogens (primary N) is 1. The highest BCUT2D eigenvalue weighted by atomic mass is 16.5. The van der Waals surface area contributed by atoms with E-state index in [0.29, 0.717) is 5.82 Å². The third-order valence-electron chi connectivity index (χ3n) is 1.93. The summed E-state index contributed by atoms with van der Waals surface area (Å²) in [5.41, 5.74) is 6.45. The fraction of sp³-hybridized carbons (Fsp3) is 0.100. The fourth-order valence-electron chi connectivity index (χ4n) is 1.23. The number of hydrogen-bond donors (Lipinski definition) is 1. The highest BCUT2D eigenvalue weighted by molar-refractivity contribution is 5.40. The van der Waals surface area contributed by atoms with Gasteiger partial charge in [-0.1, -0.05) is 6.07 Å². The van der Waals surface area contributed by atoms with Crippen molar-refractivity contribution in [3.63, 3.8) is 0 Å². The average Bonchev–Trinajstić information content (AvgIpc) is 2.65. The second-order valence-corrected chi connectivity index (χ2v) is 2.89. The molecule has 72 valence electrons. The lowest BCUT2D eigenvalue weighted by Crippen LogP contribution is -1.96. The Bertz CT molecular complexity index is 436. The zero-order valence-corrected chi connectivity index (χ0v) is 7.84. The van der Waals surface area contributed by atoms with Crippen LogP contribution in [-0.2, 0) is 0 Å². The molecule has 1 heterocycles. The Hall–Kier alpha value is -1.97. The lowest BCUT2D eigenvalue weighted by molar-refractivity contribution is 0.414. The zero-order chi connectivity index (χ0) is 9.97. The van der Waals surface area contributed by atoms with Gasteiger partial charge in [-0.2, -0.15) is 5.10 Å². The van der Waals surface area contributed by atoms with Crippen LogP contribution in [-0.4, -0.2) is 16.9 Å². The van der Waals surface area contributed by atoms with Crippen molar-refractivity contribution in [2.24, 2.45) is 0 Å². The van der Waals surface area contributed by atoms with Gasteiger partial charge in [-0.05, 0) is 12.1 Å². The first-order valence-corrected chi connectivity index (χ1v) is 4.25. The van der Waals surface area contributed by atoms with Crippen molar-refractivity contribution in [1.29, 1.82) is 0 Å². The van der Waals surface area contributed by atoms with E-state index in [1.807, 2.05) is 30.5 Å². The molecule has 0 bridgehead atoms. The van der Waals surface area contributed by atoms with Crippen LogP contribution in [0, 0.1) is 0 Å². The van der Waals surface area contributed by atoms with Gasteiger partial charge in [0, 0.05) is 18.3 Å². The van der Waals surface area contributed by atoms with Crippen molar-refractivity contribution < 1.29 is 4.74 Å². The summed E-state index contributed by atoms with van der Waals surface area (Å²) in [4.78, 5) is 0. The molecule has 4 heteroatoms. The molecule has 0 saturated heterocycles. The average molecular weight is 189 g/mol. The Kier molecular flexibility index (Phi) is 2.10. The summed E-state index contributed by atoms with van der Waals surface area (Å²) in [5, 5.41) is 4.10. The number of anilines is 1. The summed E-state index contributed by atoms with van der Waals surface area (Å²) in [6, 6.07) is 9.38. The third-order valence-corrected chi connectivity index (χ3v) is 1.93. The molecule has 4 nitrogen and oxygen atoms in total. The van der Waals surface area contributed by atoms with Crippen LogP contribution in [0.1, 0.15) is 0 Å². The molecule has 0 saturated carbocycles. The molecular formula is C10H11N3O. The van der Waals surface area contributed by atoms with Gasteiger partial charge in [-0.25, -0.2) is 4.68 Å². The summed E-state index contributed by atoms with van der Waals surface area (Å²) in [7, 11) is 1.64. The lowest BCUT2D eigenvalue weighted by atomic mass is 10.3. The Balaban J connectivity index is 2.41. The molecule has 2 aromatic rings. The van der Waals surface area contributed by atoms with Gasteiger partial charge in [0.1, 0.15) is 11.6 Å². The fourth-order valence-corrected chi connectivity index (χ4v) is 1.23. The minimum Gasteiger partial charge on any atom is -0.497 e. The Morgan fingerprint density at radius 2 is 2.21 bits per heavy atom. The van der Waals surface area contributed by atoms with Crippen molar-refractivity contribution in [3.05, 3.63) is 36.5 Å². The predicted molar refractivity (Wildman–Crippen MR) is 54.5 cm³/mol. The maximum Gasteiger partial charge on any atom is 0.145 e. The second-order valence-electron chi connectivity index (χ2n) is 2.89. The first-order valence-electron chi connectivity index (χ1n) is 4.25. The number of nitrogens with zero attached hydrogens (tertiary/aromatic N) is 2. The maximum absolute atomic E-state index is 5.52.